The lowest BCUT2D eigenvalue weighted by Gasteiger charge is -2.22. The number of rotatable bonds is 6. The van der Waals surface area contributed by atoms with Crippen molar-refractivity contribution in [3.8, 4) is 0 Å². The number of carbonyl (C=O) groups is 4. The Balaban J connectivity index is 1.23. The molecule has 2 saturated carbocycles. The number of imide groups is 2. The third-order valence-electron chi connectivity index (χ3n) is 8.24. The number of nitrogens with one attached hydrogen (secondary N) is 2. The Morgan fingerprint density at radius 2 is 0.861 bits per heavy atom. The molecule has 0 aromatic heterocycles. The van der Waals surface area contributed by atoms with Gasteiger partial charge in [0.25, 0.3) is 11.8 Å². The van der Waals surface area contributed by atoms with E-state index >= 15 is 0 Å². The van der Waals surface area contributed by atoms with Gasteiger partial charge in [-0.05, 0) is 49.9 Å². The van der Waals surface area contributed by atoms with Crippen LogP contribution in [-0.4, -0.2) is 47.8 Å². The van der Waals surface area contributed by atoms with Crippen molar-refractivity contribution < 1.29 is 19.2 Å². The smallest absolute Gasteiger partial charge is 0.251 e. The minimum atomic E-state index is -0.488. The summed E-state index contributed by atoms with van der Waals surface area (Å²) in [5, 5.41) is 6.86. The van der Waals surface area contributed by atoms with Gasteiger partial charge in [-0.1, -0.05) is 51.4 Å². The molecular weight excluding hydrogens is 456 g/mol. The summed E-state index contributed by atoms with van der Waals surface area (Å²) in [5.74, 6) is -0.893. The van der Waals surface area contributed by atoms with Gasteiger partial charge >= 0.3 is 0 Å². The molecule has 5 rings (SSSR count). The second-order valence-electron chi connectivity index (χ2n) is 10.9. The summed E-state index contributed by atoms with van der Waals surface area (Å²) in [7, 11) is 0. The molecule has 2 heterocycles. The van der Waals surface area contributed by atoms with E-state index in [1.807, 2.05) is 0 Å². The van der Waals surface area contributed by atoms with Crippen LogP contribution in [0.4, 0.5) is 11.4 Å². The summed E-state index contributed by atoms with van der Waals surface area (Å²) in [6.07, 6.45) is 14.0. The molecular formula is C28H38N4O4. The molecule has 4 fully saturated rings. The zero-order chi connectivity index (χ0) is 25.1. The van der Waals surface area contributed by atoms with Crippen LogP contribution in [0.2, 0.25) is 0 Å². The van der Waals surface area contributed by atoms with Crippen LogP contribution in [-0.2, 0) is 19.2 Å². The Morgan fingerprint density at radius 3 is 1.19 bits per heavy atom. The SMILES string of the molecule is O=C1CC(NC2CCCCCC2)C(=O)N1c1ccc(N2C(=O)CC(NC3CCCCCC3)C2=O)cc1. The standard InChI is InChI=1S/C28H38N4O4/c33-25-17-23(29-19-9-5-1-2-6-10-19)27(35)31(25)21-13-15-22(16-14-21)32-26(34)18-24(28(32)36)30-20-11-7-3-4-8-12-20/h13-16,19-20,23-24,29-30H,1-12,17-18H2. The Kier molecular flexibility index (Phi) is 7.82. The van der Waals surface area contributed by atoms with Crippen molar-refractivity contribution in [3.63, 3.8) is 0 Å². The molecule has 1 aromatic rings. The monoisotopic (exact) mass is 494 g/mol. The lowest BCUT2D eigenvalue weighted by atomic mass is 10.1. The van der Waals surface area contributed by atoms with Gasteiger partial charge in [-0.25, -0.2) is 9.80 Å². The molecule has 0 bridgehead atoms. The Hall–Kier alpha value is -2.58. The van der Waals surface area contributed by atoms with Gasteiger partial charge in [0.05, 0.1) is 36.3 Å². The number of anilines is 2. The van der Waals surface area contributed by atoms with Crippen LogP contribution in [0.5, 0.6) is 0 Å². The maximum atomic E-state index is 13.1. The molecule has 0 radical (unpaired) electrons. The van der Waals surface area contributed by atoms with Gasteiger partial charge in [0.15, 0.2) is 0 Å². The van der Waals surface area contributed by atoms with Gasteiger partial charge in [-0.2, -0.15) is 0 Å². The van der Waals surface area contributed by atoms with E-state index in [0.717, 1.165) is 51.4 Å². The molecule has 1 aromatic carbocycles. The lowest BCUT2D eigenvalue weighted by molar-refractivity contribution is -0.123. The largest absolute Gasteiger partial charge is 0.303 e. The van der Waals surface area contributed by atoms with E-state index in [1.54, 1.807) is 24.3 Å². The van der Waals surface area contributed by atoms with Gasteiger partial charge < -0.3 is 10.6 Å². The Morgan fingerprint density at radius 1 is 0.528 bits per heavy atom. The fourth-order valence-electron chi connectivity index (χ4n) is 6.28. The second kappa shape index (κ2) is 11.2. The summed E-state index contributed by atoms with van der Waals surface area (Å²) in [6, 6.07) is 6.22. The Labute approximate surface area is 213 Å². The molecule has 2 aliphatic heterocycles. The molecule has 8 heteroatoms. The number of carbonyl (C=O) groups excluding carboxylic acids is 4. The predicted molar refractivity (Wildman–Crippen MR) is 137 cm³/mol. The number of amides is 4. The van der Waals surface area contributed by atoms with Gasteiger partial charge in [0, 0.05) is 12.1 Å². The second-order valence-corrected chi connectivity index (χ2v) is 10.9. The third kappa shape index (κ3) is 5.39. The van der Waals surface area contributed by atoms with Gasteiger partial charge in [-0.3, -0.25) is 19.2 Å². The summed E-state index contributed by atoms with van der Waals surface area (Å²) in [4.78, 5) is 54.2. The first kappa shape index (κ1) is 25.1. The van der Waals surface area contributed by atoms with Gasteiger partial charge in [-0.15, -0.1) is 0 Å². The summed E-state index contributed by atoms with van der Waals surface area (Å²) >= 11 is 0. The van der Waals surface area contributed by atoms with Crippen molar-refractivity contribution >= 4 is 35.0 Å². The maximum absolute atomic E-state index is 13.1. The van der Waals surface area contributed by atoms with Crippen LogP contribution in [0.25, 0.3) is 0 Å². The summed E-state index contributed by atoms with van der Waals surface area (Å²) < 4.78 is 0. The average molecular weight is 495 g/mol. The van der Waals surface area contributed by atoms with Crippen molar-refractivity contribution in [2.45, 2.75) is 114 Å². The minimum absolute atomic E-state index is 0.161. The molecule has 4 amide bonds. The zero-order valence-electron chi connectivity index (χ0n) is 21.0. The highest BCUT2D eigenvalue weighted by Gasteiger charge is 2.42. The van der Waals surface area contributed by atoms with E-state index < -0.39 is 12.1 Å². The Bertz CT molecular complexity index is 899. The number of nitrogens with zero attached hydrogens (tertiary/aromatic N) is 2. The predicted octanol–water partition coefficient (Wildman–Crippen LogP) is 3.58. The van der Waals surface area contributed by atoms with Crippen LogP contribution in [0.15, 0.2) is 24.3 Å². The van der Waals surface area contributed by atoms with E-state index in [9.17, 15) is 19.2 Å². The normalized spacial score (nSPS) is 27.1. The summed E-state index contributed by atoms with van der Waals surface area (Å²) in [5.41, 5.74) is 0.956. The van der Waals surface area contributed by atoms with E-state index in [0.29, 0.717) is 11.4 Å². The highest BCUT2D eigenvalue weighted by atomic mass is 16.2. The number of hydrogen-bond donors (Lipinski definition) is 2. The van der Waals surface area contributed by atoms with E-state index in [-0.39, 0.29) is 48.6 Å². The number of hydrogen-bond acceptors (Lipinski definition) is 6. The molecule has 4 aliphatic rings. The van der Waals surface area contributed by atoms with Crippen LogP contribution in [0.3, 0.4) is 0 Å². The van der Waals surface area contributed by atoms with E-state index in [2.05, 4.69) is 10.6 Å². The van der Waals surface area contributed by atoms with Gasteiger partial charge in [0.1, 0.15) is 0 Å². The van der Waals surface area contributed by atoms with Crippen molar-refractivity contribution in [2.24, 2.45) is 0 Å². The molecule has 194 valence electrons. The first-order valence-corrected chi connectivity index (χ1v) is 13.9. The van der Waals surface area contributed by atoms with E-state index in [4.69, 9.17) is 0 Å². The molecule has 2 atom stereocenters. The van der Waals surface area contributed by atoms with Gasteiger partial charge in [0.2, 0.25) is 11.8 Å². The fraction of sp³-hybridized carbons (Fsp3) is 0.643. The zero-order valence-corrected chi connectivity index (χ0v) is 21.0. The van der Waals surface area contributed by atoms with Crippen molar-refractivity contribution in [2.75, 3.05) is 9.80 Å². The molecule has 2 aliphatic carbocycles. The maximum Gasteiger partial charge on any atom is 0.251 e. The van der Waals surface area contributed by atoms with Crippen molar-refractivity contribution in [3.05, 3.63) is 24.3 Å². The highest BCUT2D eigenvalue weighted by Crippen LogP contribution is 2.30. The molecule has 0 spiro atoms. The molecule has 2 saturated heterocycles. The third-order valence-corrected chi connectivity index (χ3v) is 8.24. The molecule has 2 unspecified atom stereocenters. The van der Waals surface area contributed by atoms with Crippen molar-refractivity contribution in [1.82, 2.24) is 10.6 Å². The van der Waals surface area contributed by atoms with Crippen LogP contribution < -0.4 is 20.4 Å². The van der Waals surface area contributed by atoms with Crippen LogP contribution in [0, 0.1) is 0 Å². The molecule has 2 N–H and O–H groups in total. The topological polar surface area (TPSA) is 98.8 Å². The first-order chi connectivity index (χ1) is 17.5. The summed E-state index contributed by atoms with van der Waals surface area (Å²) in [6.45, 7) is 0. The number of benzene rings is 1. The van der Waals surface area contributed by atoms with E-state index in [1.165, 1.54) is 35.5 Å². The molecule has 8 nitrogen and oxygen atoms in total. The quantitative estimate of drug-likeness (QED) is 0.463. The first-order valence-electron chi connectivity index (χ1n) is 13.9. The van der Waals surface area contributed by atoms with Crippen LogP contribution in [0.1, 0.15) is 89.9 Å². The minimum Gasteiger partial charge on any atom is -0.303 e. The fourth-order valence-corrected chi connectivity index (χ4v) is 6.28. The average Bonchev–Trinajstić information content (AvgIpc) is 3.12. The van der Waals surface area contributed by atoms with Crippen LogP contribution >= 0.6 is 0 Å². The lowest BCUT2D eigenvalue weighted by Crippen LogP contribution is -2.44. The highest BCUT2D eigenvalue weighted by molar-refractivity contribution is 6.24. The van der Waals surface area contributed by atoms with Crippen molar-refractivity contribution in [1.29, 1.82) is 0 Å². The molecule has 36 heavy (non-hydrogen) atoms.